The van der Waals surface area contributed by atoms with Crippen molar-refractivity contribution in [3.8, 4) is 16.3 Å². The topological polar surface area (TPSA) is 64.0 Å². The van der Waals surface area contributed by atoms with E-state index in [4.69, 9.17) is 0 Å². The van der Waals surface area contributed by atoms with Gasteiger partial charge in [-0.25, -0.2) is 13.1 Å². The fourth-order valence-corrected chi connectivity index (χ4v) is 3.68. The van der Waals surface area contributed by atoms with Crippen LogP contribution in [0.4, 0.5) is 5.82 Å². The summed E-state index contributed by atoms with van der Waals surface area (Å²) >= 11 is 1.57. The molecule has 0 radical (unpaired) electrons. The molecule has 0 spiro atoms. The number of nitrogens with one attached hydrogen (secondary N) is 1. The largest absolute Gasteiger partial charge is 0.267 e. The van der Waals surface area contributed by atoms with Crippen LogP contribution in [-0.4, -0.2) is 22.9 Å². The van der Waals surface area contributed by atoms with Crippen LogP contribution < -0.4 is 4.72 Å². The second kappa shape index (κ2) is 6.31. The molecule has 0 aliphatic carbocycles. The molecule has 0 unspecified atom stereocenters. The van der Waals surface area contributed by atoms with E-state index in [0.29, 0.717) is 5.82 Å². The maximum atomic E-state index is 12.6. The molecule has 0 fully saturated rings. The van der Waals surface area contributed by atoms with Crippen LogP contribution in [0.25, 0.3) is 16.3 Å². The van der Waals surface area contributed by atoms with Gasteiger partial charge in [0, 0.05) is 6.07 Å². The Bertz CT molecular complexity index is 982. The zero-order chi connectivity index (χ0) is 18.2. The Hall–Kier alpha value is -2.12. The highest BCUT2D eigenvalue weighted by Gasteiger charge is 2.30. The number of aryl methyl sites for hydroxylation is 1. The highest BCUT2D eigenvalue weighted by molar-refractivity contribution is 7.94. The Morgan fingerprint density at radius 2 is 1.84 bits per heavy atom. The molecule has 25 heavy (non-hydrogen) atoms. The second-order valence-electron chi connectivity index (χ2n) is 6.81. The molecular weight excluding hydrogens is 354 g/mol. The minimum atomic E-state index is -3.56. The molecule has 132 valence electrons. The molecule has 0 bridgehead atoms. The zero-order valence-electron chi connectivity index (χ0n) is 14.6. The van der Waals surface area contributed by atoms with Crippen molar-refractivity contribution in [2.75, 3.05) is 4.72 Å². The molecule has 5 nitrogen and oxygen atoms in total. The average Bonchev–Trinajstić information content (AvgIpc) is 3.15. The molecule has 0 aliphatic heterocycles. The monoisotopic (exact) mass is 375 g/mol. The van der Waals surface area contributed by atoms with E-state index in [0.717, 1.165) is 21.8 Å². The number of anilines is 1. The van der Waals surface area contributed by atoms with Gasteiger partial charge in [-0.2, -0.15) is 5.10 Å². The molecule has 2 aromatic heterocycles. The van der Waals surface area contributed by atoms with Gasteiger partial charge in [0.2, 0.25) is 10.0 Å². The molecule has 1 aromatic carbocycles. The molecule has 3 aromatic rings. The van der Waals surface area contributed by atoms with Crippen molar-refractivity contribution in [1.29, 1.82) is 0 Å². The van der Waals surface area contributed by atoms with E-state index in [2.05, 4.69) is 9.82 Å². The van der Waals surface area contributed by atoms with Crippen molar-refractivity contribution in [3.63, 3.8) is 0 Å². The summed E-state index contributed by atoms with van der Waals surface area (Å²) in [5, 5.41) is 6.62. The fourth-order valence-electron chi connectivity index (χ4n) is 2.27. The van der Waals surface area contributed by atoms with Crippen LogP contribution in [0.15, 0.2) is 47.8 Å². The van der Waals surface area contributed by atoms with Gasteiger partial charge in [0.15, 0.2) is 0 Å². The second-order valence-corrected chi connectivity index (χ2v) is 10.2. The van der Waals surface area contributed by atoms with E-state index in [9.17, 15) is 8.42 Å². The maximum Gasteiger partial charge on any atom is 0.238 e. The third kappa shape index (κ3) is 3.48. The van der Waals surface area contributed by atoms with E-state index >= 15 is 0 Å². The van der Waals surface area contributed by atoms with Crippen molar-refractivity contribution in [3.05, 3.63) is 53.4 Å². The highest BCUT2D eigenvalue weighted by Crippen LogP contribution is 2.30. The molecule has 2 heterocycles. The Morgan fingerprint density at radius 3 is 2.44 bits per heavy atom. The lowest BCUT2D eigenvalue weighted by Gasteiger charge is -2.21. The smallest absolute Gasteiger partial charge is 0.238 e. The molecule has 7 heteroatoms. The zero-order valence-corrected chi connectivity index (χ0v) is 16.3. The lowest BCUT2D eigenvalue weighted by atomic mass is 10.2. The Labute approximate surface area is 152 Å². The number of thiophene rings is 1. The number of para-hydroxylation sites is 1. The van der Waals surface area contributed by atoms with Gasteiger partial charge in [0.05, 0.1) is 15.3 Å². The van der Waals surface area contributed by atoms with Gasteiger partial charge in [-0.05, 0) is 50.8 Å². The summed E-state index contributed by atoms with van der Waals surface area (Å²) in [4.78, 5) is 0.989. The van der Waals surface area contributed by atoms with Crippen molar-refractivity contribution >= 4 is 27.2 Å². The Morgan fingerprint density at radius 1 is 1.12 bits per heavy atom. The van der Waals surface area contributed by atoms with Gasteiger partial charge < -0.3 is 0 Å². The lowest BCUT2D eigenvalue weighted by molar-refractivity contribution is 0.565. The first-order valence-electron chi connectivity index (χ1n) is 7.91. The fraction of sp³-hybridized carbons (Fsp3) is 0.278. The Kier molecular flexibility index (Phi) is 4.47. The Balaban J connectivity index is 2.15. The summed E-state index contributed by atoms with van der Waals surface area (Å²) in [6.07, 6.45) is 0. The minimum Gasteiger partial charge on any atom is -0.267 e. The molecule has 0 amide bonds. The molecule has 3 rings (SSSR count). The summed E-state index contributed by atoms with van der Waals surface area (Å²) in [6, 6.07) is 13.5. The van der Waals surface area contributed by atoms with Crippen LogP contribution in [-0.2, 0) is 10.0 Å². The molecule has 0 atom stereocenters. The van der Waals surface area contributed by atoms with Crippen molar-refractivity contribution in [1.82, 2.24) is 9.78 Å². The minimum absolute atomic E-state index is 0.438. The molecule has 0 aliphatic rings. The summed E-state index contributed by atoms with van der Waals surface area (Å²) in [7, 11) is -3.56. The first kappa shape index (κ1) is 17.7. The van der Waals surface area contributed by atoms with Crippen molar-refractivity contribution in [2.24, 2.45) is 0 Å². The SMILES string of the molecule is Cc1ccccc1-n1nc(-c2cccs2)cc1NS(=O)(=O)C(C)(C)C. The number of nitrogens with zero attached hydrogens (tertiary/aromatic N) is 2. The molecule has 0 saturated carbocycles. The van der Waals surface area contributed by atoms with E-state index in [-0.39, 0.29) is 0 Å². The number of benzene rings is 1. The van der Waals surface area contributed by atoms with Gasteiger partial charge in [-0.1, -0.05) is 24.3 Å². The van der Waals surface area contributed by atoms with Gasteiger partial charge in [-0.15, -0.1) is 11.3 Å². The van der Waals surface area contributed by atoms with Crippen molar-refractivity contribution in [2.45, 2.75) is 32.4 Å². The van der Waals surface area contributed by atoms with Crippen LogP contribution >= 0.6 is 11.3 Å². The van der Waals surface area contributed by atoms with Crippen LogP contribution in [0.3, 0.4) is 0 Å². The van der Waals surface area contributed by atoms with Gasteiger partial charge in [-0.3, -0.25) is 4.72 Å². The first-order chi connectivity index (χ1) is 11.7. The highest BCUT2D eigenvalue weighted by atomic mass is 32.2. The van der Waals surface area contributed by atoms with Crippen molar-refractivity contribution < 1.29 is 8.42 Å². The molecule has 0 saturated heterocycles. The number of rotatable bonds is 4. The van der Waals surface area contributed by atoms with Crippen LogP contribution in [0.2, 0.25) is 0 Å². The van der Waals surface area contributed by atoms with E-state index in [1.165, 1.54) is 0 Å². The summed E-state index contributed by atoms with van der Waals surface area (Å²) in [6.45, 7) is 6.99. The number of hydrogen-bond acceptors (Lipinski definition) is 4. The summed E-state index contributed by atoms with van der Waals surface area (Å²) in [5.41, 5.74) is 2.60. The predicted octanol–water partition coefficient (Wildman–Crippen LogP) is 4.45. The third-order valence-corrected chi connectivity index (χ3v) is 6.85. The van der Waals surface area contributed by atoms with E-state index < -0.39 is 14.8 Å². The molecular formula is C18H21N3O2S2. The number of sulfonamides is 1. The van der Waals surface area contributed by atoms with Gasteiger partial charge in [0.1, 0.15) is 11.5 Å². The van der Waals surface area contributed by atoms with Gasteiger partial charge >= 0.3 is 0 Å². The maximum absolute atomic E-state index is 12.6. The van der Waals surface area contributed by atoms with Crippen LogP contribution in [0.1, 0.15) is 26.3 Å². The van der Waals surface area contributed by atoms with Gasteiger partial charge in [0.25, 0.3) is 0 Å². The quantitative estimate of drug-likeness (QED) is 0.733. The predicted molar refractivity (Wildman–Crippen MR) is 104 cm³/mol. The van der Waals surface area contributed by atoms with Crippen LogP contribution in [0, 0.1) is 6.92 Å². The van der Waals surface area contributed by atoms with Crippen LogP contribution in [0.5, 0.6) is 0 Å². The third-order valence-electron chi connectivity index (χ3n) is 3.87. The number of aromatic nitrogens is 2. The first-order valence-corrected chi connectivity index (χ1v) is 10.3. The summed E-state index contributed by atoms with van der Waals surface area (Å²) < 4.78 is 28.7. The summed E-state index contributed by atoms with van der Waals surface area (Å²) in [5.74, 6) is 0.438. The van der Waals surface area contributed by atoms with E-state index in [1.54, 1.807) is 42.9 Å². The molecule has 1 N–H and O–H groups in total. The normalized spacial score (nSPS) is 12.3. The lowest BCUT2D eigenvalue weighted by Crippen LogP contribution is -2.34. The number of hydrogen-bond donors (Lipinski definition) is 1. The average molecular weight is 376 g/mol. The standard InChI is InChI=1S/C18H21N3O2S2/c1-13-8-5-6-9-15(13)21-17(20-25(22,23)18(2,3)4)12-14(19-21)16-10-7-11-24-16/h5-12,20H,1-4H3. The van der Waals surface area contributed by atoms with E-state index in [1.807, 2.05) is 48.7 Å².